The maximum absolute atomic E-state index is 12.8. The first-order valence-electron chi connectivity index (χ1n) is 9.90. The van der Waals surface area contributed by atoms with Gasteiger partial charge in [-0.25, -0.2) is 12.7 Å². The molecule has 164 valence electrons. The number of carbonyl (C=O) groups is 3. The zero-order chi connectivity index (χ0) is 22.4. The van der Waals surface area contributed by atoms with Crippen LogP contribution < -0.4 is 4.31 Å². The predicted octanol–water partition coefficient (Wildman–Crippen LogP) is 1.58. The number of carbonyl (C=O) groups excluding carboxylic acids is 3. The van der Waals surface area contributed by atoms with Crippen LogP contribution in [0.25, 0.3) is 0 Å². The lowest BCUT2D eigenvalue weighted by atomic mass is 9.95. The van der Waals surface area contributed by atoms with Crippen molar-refractivity contribution in [3.63, 3.8) is 0 Å². The van der Waals surface area contributed by atoms with E-state index >= 15 is 0 Å². The van der Waals surface area contributed by atoms with Crippen molar-refractivity contribution in [2.75, 3.05) is 36.2 Å². The number of hydrogen-bond donors (Lipinski definition) is 0. The topological polar surface area (TPSA) is 108 Å². The van der Waals surface area contributed by atoms with Crippen LogP contribution in [0.2, 0.25) is 0 Å². The van der Waals surface area contributed by atoms with Gasteiger partial charge in [-0.1, -0.05) is 0 Å². The predicted molar refractivity (Wildman–Crippen MR) is 112 cm³/mol. The number of rotatable bonds is 3. The van der Waals surface area contributed by atoms with Crippen LogP contribution >= 0.6 is 0 Å². The highest BCUT2D eigenvalue weighted by atomic mass is 32.2. The molecule has 2 fully saturated rings. The second kappa shape index (κ2) is 7.52. The lowest BCUT2D eigenvalue weighted by Gasteiger charge is -2.34. The molecule has 4 rings (SSSR count). The molecule has 0 unspecified atom stereocenters. The van der Waals surface area contributed by atoms with E-state index in [1.54, 1.807) is 35.8 Å². The van der Waals surface area contributed by atoms with Crippen LogP contribution in [0, 0.1) is 5.41 Å². The maximum atomic E-state index is 12.8. The van der Waals surface area contributed by atoms with E-state index in [2.05, 4.69) is 0 Å². The van der Waals surface area contributed by atoms with Crippen molar-refractivity contribution in [2.45, 2.75) is 13.8 Å². The molecule has 0 spiro atoms. The number of sulfonamides is 1. The lowest BCUT2D eigenvalue weighted by Crippen LogP contribution is -2.50. The van der Waals surface area contributed by atoms with Gasteiger partial charge in [0.2, 0.25) is 15.9 Å². The number of nitrogens with zero attached hydrogens (tertiary/aromatic N) is 3. The molecule has 2 aliphatic rings. The van der Waals surface area contributed by atoms with E-state index < -0.39 is 21.3 Å². The molecule has 3 amide bonds. The molecule has 0 bridgehead atoms. The number of anilines is 1. The number of piperazine rings is 1. The highest BCUT2D eigenvalue weighted by Crippen LogP contribution is 2.35. The molecule has 31 heavy (non-hydrogen) atoms. The van der Waals surface area contributed by atoms with Gasteiger partial charge in [-0.05, 0) is 50.2 Å². The normalized spacial score (nSPS) is 20.2. The summed E-state index contributed by atoms with van der Waals surface area (Å²) in [6.07, 6.45) is 1.44. The van der Waals surface area contributed by atoms with Gasteiger partial charge >= 0.3 is 0 Å². The Labute approximate surface area is 180 Å². The number of furan rings is 1. The molecular weight excluding hydrogens is 422 g/mol. The van der Waals surface area contributed by atoms with Gasteiger partial charge in [0.1, 0.15) is 0 Å². The molecule has 0 radical (unpaired) electrons. The van der Waals surface area contributed by atoms with E-state index in [0.29, 0.717) is 31.7 Å². The van der Waals surface area contributed by atoms with Crippen molar-refractivity contribution in [3.8, 4) is 0 Å². The van der Waals surface area contributed by atoms with E-state index in [9.17, 15) is 22.8 Å². The van der Waals surface area contributed by atoms with E-state index in [1.807, 2.05) is 0 Å². The number of hydrogen-bond acceptors (Lipinski definition) is 6. The summed E-state index contributed by atoms with van der Waals surface area (Å²) in [4.78, 5) is 41.0. The zero-order valence-corrected chi connectivity index (χ0v) is 18.1. The van der Waals surface area contributed by atoms with Crippen LogP contribution in [0.4, 0.5) is 5.69 Å². The standard InChI is InChI=1S/C21H23N3O6S/c1-21(2)14-31(28,29)24(20(21)27)16-7-5-15(6-8-16)18(25)22-9-11-23(12-10-22)19(26)17-4-3-13-30-17/h3-8,13H,9-12,14H2,1-2H3. The number of amides is 3. The lowest BCUT2D eigenvalue weighted by molar-refractivity contribution is -0.123. The Morgan fingerprint density at radius 2 is 1.52 bits per heavy atom. The Kier molecular flexibility index (Phi) is 5.12. The summed E-state index contributed by atoms with van der Waals surface area (Å²) in [5.41, 5.74) is -0.376. The summed E-state index contributed by atoms with van der Waals surface area (Å²) in [5.74, 6) is -0.886. The van der Waals surface area contributed by atoms with Crippen LogP contribution in [0.15, 0.2) is 47.1 Å². The van der Waals surface area contributed by atoms with E-state index in [-0.39, 0.29) is 29.0 Å². The van der Waals surface area contributed by atoms with Gasteiger partial charge in [-0.3, -0.25) is 14.4 Å². The molecule has 10 heteroatoms. The summed E-state index contributed by atoms with van der Waals surface area (Å²) in [6.45, 7) is 4.72. The highest BCUT2D eigenvalue weighted by Gasteiger charge is 2.49. The minimum Gasteiger partial charge on any atom is -0.459 e. The highest BCUT2D eigenvalue weighted by molar-refractivity contribution is 7.94. The van der Waals surface area contributed by atoms with Gasteiger partial charge in [0.15, 0.2) is 5.76 Å². The summed E-state index contributed by atoms with van der Waals surface area (Å²) in [6, 6.07) is 9.24. The smallest absolute Gasteiger partial charge is 0.289 e. The molecule has 0 aliphatic carbocycles. The fourth-order valence-electron chi connectivity index (χ4n) is 3.85. The van der Waals surface area contributed by atoms with Crippen molar-refractivity contribution in [1.29, 1.82) is 0 Å². The average Bonchev–Trinajstić information content (AvgIpc) is 3.32. The van der Waals surface area contributed by atoms with Gasteiger partial charge in [0.05, 0.1) is 23.1 Å². The van der Waals surface area contributed by atoms with Gasteiger partial charge in [-0.15, -0.1) is 0 Å². The van der Waals surface area contributed by atoms with Crippen LogP contribution in [0.5, 0.6) is 0 Å². The van der Waals surface area contributed by atoms with Crippen molar-refractivity contribution in [2.24, 2.45) is 5.41 Å². The van der Waals surface area contributed by atoms with Gasteiger partial charge < -0.3 is 14.2 Å². The first-order valence-corrected chi connectivity index (χ1v) is 11.5. The zero-order valence-electron chi connectivity index (χ0n) is 17.3. The van der Waals surface area contributed by atoms with Crippen molar-refractivity contribution < 1.29 is 27.2 Å². The molecule has 9 nitrogen and oxygen atoms in total. The molecular formula is C21H23N3O6S. The fourth-order valence-corrected chi connectivity index (χ4v) is 5.96. The fraction of sp³-hybridized carbons (Fsp3) is 0.381. The Morgan fingerprint density at radius 3 is 2.00 bits per heavy atom. The van der Waals surface area contributed by atoms with E-state index in [4.69, 9.17) is 4.42 Å². The molecule has 0 atom stereocenters. The molecule has 2 aromatic rings. The maximum Gasteiger partial charge on any atom is 0.289 e. The Hall–Kier alpha value is -3.14. The van der Waals surface area contributed by atoms with Crippen molar-refractivity contribution in [3.05, 3.63) is 54.0 Å². The molecule has 0 saturated carbocycles. The Morgan fingerprint density at radius 1 is 0.935 bits per heavy atom. The van der Waals surface area contributed by atoms with E-state index in [1.165, 1.54) is 30.5 Å². The van der Waals surface area contributed by atoms with Gasteiger partial charge in [-0.2, -0.15) is 0 Å². The van der Waals surface area contributed by atoms with E-state index in [0.717, 1.165) is 4.31 Å². The van der Waals surface area contributed by atoms with Crippen LogP contribution in [-0.2, 0) is 14.8 Å². The van der Waals surface area contributed by atoms with Crippen LogP contribution in [0.3, 0.4) is 0 Å². The monoisotopic (exact) mass is 445 g/mol. The number of benzene rings is 1. The minimum atomic E-state index is -3.74. The minimum absolute atomic E-state index is 0.208. The van der Waals surface area contributed by atoms with Gasteiger partial charge in [0, 0.05) is 31.7 Å². The first kappa shape index (κ1) is 21.1. The Balaban J connectivity index is 1.43. The summed E-state index contributed by atoms with van der Waals surface area (Å²) < 4.78 is 30.8. The molecule has 3 heterocycles. The summed E-state index contributed by atoms with van der Waals surface area (Å²) in [7, 11) is -3.74. The average molecular weight is 445 g/mol. The Bertz CT molecular complexity index is 1110. The molecule has 2 saturated heterocycles. The third-order valence-corrected chi connectivity index (χ3v) is 7.54. The van der Waals surface area contributed by atoms with Gasteiger partial charge in [0.25, 0.3) is 11.8 Å². The largest absolute Gasteiger partial charge is 0.459 e. The molecule has 1 aromatic carbocycles. The third-order valence-electron chi connectivity index (χ3n) is 5.52. The molecule has 0 N–H and O–H groups in total. The van der Waals surface area contributed by atoms with Crippen molar-refractivity contribution in [1.82, 2.24) is 9.80 Å². The third kappa shape index (κ3) is 3.83. The second-order valence-electron chi connectivity index (χ2n) is 8.32. The molecule has 1 aromatic heterocycles. The molecule has 2 aliphatic heterocycles. The summed E-state index contributed by atoms with van der Waals surface area (Å²) >= 11 is 0. The SMILES string of the molecule is CC1(C)CS(=O)(=O)N(c2ccc(C(=O)N3CCN(C(=O)c4ccco4)CC3)cc2)C1=O. The van der Waals surface area contributed by atoms with Crippen LogP contribution in [-0.4, -0.2) is 67.9 Å². The second-order valence-corrected chi connectivity index (χ2v) is 10.1. The van der Waals surface area contributed by atoms with Crippen LogP contribution in [0.1, 0.15) is 34.8 Å². The first-order chi connectivity index (χ1) is 14.6. The summed E-state index contributed by atoms with van der Waals surface area (Å²) in [5, 5.41) is 0. The quantitative estimate of drug-likeness (QED) is 0.710. The van der Waals surface area contributed by atoms with Crippen molar-refractivity contribution >= 4 is 33.4 Å².